The van der Waals surface area contributed by atoms with E-state index in [0.29, 0.717) is 5.41 Å². The van der Waals surface area contributed by atoms with Crippen LogP contribution in [0.1, 0.15) is 31.9 Å². The van der Waals surface area contributed by atoms with E-state index in [-0.39, 0.29) is 18.9 Å². The van der Waals surface area contributed by atoms with Gasteiger partial charge in [-0.3, -0.25) is 0 Å². The second-order valence-corrected chi connectivity index (χ2v) is 4.47. The van der Waals surface area contributed by atoms with Gasteiger partial charge in [-0.25, -0.2) is 12.1 Å². The van der Waals surface area contributed by atoms with Crippen molar-refractivity contribution in [1.82, 2.24) is 0 Å². The first-order valence-electron chi connectivity index (χ1n) is 4.20. The molecule has 62 valence electrons. The van der Waals surface area contributed by atoms with Crippen LogP contribution in [0.25, 0.3) is 0 Å². The van der Waals surface area contributed by atoms with Crippen molar-refractivity contribution in [3.8, 4) is 0 Å². The third-order valence-electron chi connectivity index (χ3n) is 1.87. The van der Waals surface area contributed by atoms with Crippen LogP contribution < -0.4 is 18.9 Å². The third-order valence-corrected chi connectivity index (χ3v) is 1.87. The first kappa shape index (κ1) is 11.9. The summed E-state index contributed by atoms with van der Waals surface area (Å²) in [6, 6.07) is 6.54. The Morgan fingerprint density at radius 2 is 1.92 bits per heavy atom. The van der Waals surface area contributed by atoms with E-state index in [1.165, 1.54) is 17.5 Å². The molecule has 0 nitrogen and oxygen atoms in total. The van der Waals surface area contributed by atoms with Crippen LogP contribution in [0.15, 0.2) is 18.2 Å². The molecule has 0 heterocycles. The molecule has 0 aliphatic carbocycles. The Morgan fingerprint density at radius 1 is 1.33 bits per heavy atom. The summed E-state index contributed by atoms with van der Waals surface area (Å²) in [5, 5.41) is 0. The van der Waals surface area contributed by atoms with Gasteiger partial charge in [-0.15, -0.1) is 0 Å². The summed E-state index contributed by atoms with van der Waals surface area (Å²) < 4.78 is 0. The Morgan fingerprint density at radius 3 is 2.25 bits per heavy atom. The van der Waals surface area contributed by atoms with E-state index >= 15 is 0 Å². The molecule has 12 heavy (non-hydrogen) atoms. The number of hydrogen-bond acceptors (Lipinski definition) is 0. The first-order valence-corrected chi connectivity index (χ1v) is 4.20. The Hall–Kier alpha value is -0.0526. The van der Waals surface area contributed by atoms with Gasteiger partial charge in [0.25, 0.3) is 0 Å². The van der Waals surface area contributed by atoms with Gasteiger partial charge in [-0.2, -0.15) is 17.2 Å². The minimum Gasteiger partial charge on any atom is -0.213 e. The van der Waals surface area contributed by atoms with E-state index in [1.54, 1.807) is 0 Å². The average Bonchev–Trinajstić information content (AvgIpc) is 2.12. The fraction of sp³-hybridized carbons (Fsp3) is 0.545. The zero-order valence-electron chi connectivity index (χ0n) is 8.94. The molecule has 1 aromatic rings. The van der Waals surface area contributed by atoms with Crippen LogP contribution in [0.5, 0.6) is 0 Å². The third kappa shape index (κ3) is 3.56. The van der Waals surface area contributed by atoms with E-state index in [9.17, 15) is 0 Å². The maximum Gasteiger partial charge on any atom is 1.00 e. The first-order chi connectivity index (χ1) is 4.99. The predicted octanol–water partition coefficient (Wildman–Crippen LogP) is 0.307. The zero-order valence-corrected chi connectivity index (χ0v) is 8.94. The molecule has 0 fully saturated rings. The number of hydrogen-bond donors (Lipinski definition) is 0. The predicted molar refractivity (Wildman–Crippen MR) is 49.9 cm³/mol. The van der Waals surface area contributed by atoms with Crippen LogP contribution >= 0.6 is 0 Å². The normalized spacial score (nSPS) is 11.0. The van der Waals surface area contributed by atoms with Crippen LogP contribution in [0.3, 0.4) is 0 Å². The Balaban J connectivity index is 0.00000121. The van der Waals surface area contributed by atoms with Crippen LogP contribution in [0.4, 0.5) is 0 Å². The molecular formula is C11H17Li. The van der Waals surface area contributed by atoms with Crippen molar-refractivity contribution in [3.05, 3.63) is 29.3 Å². The maximum absolute atomic E-state index is 2.28. The molecule has 1 heteroatoms. The summed E-state index contributed by atoms with van der Waals surface area (Å²) in [7, 11) is 0. The molecule has 1 aromatic carbocycles. The Kier molecular flexibility index (Phi) is 4.24. The van der Waals surface area contributed by atoms with Crippen molar-refractivity contribution in [2.24, 2.45) is 5.41 Å². The van der Waals surface area contributed by atoms with Crippen LogP contribution in [-0.2, 0) is 6.42 Å². The fourth-order valence-electron chi connectivity index (χ4n) is 1.32. The standard InChI is InChI=1S/C11H17.Li/c1-9-6-5-7-10(9)8-11(2,3)4;/h5-7H,8H2,1-4H3;/q-1;+1. The molecular weight excluding hydrogens is 139 g/mol. The Labute approximate surface area is 87.9 Å². The van der Waals surface area contributed by atoms with E-state index in [1.807, 2.05) is 0 Å². The van der Waals surface area contributed by atoms with Gasteiger partial charge in [0, 0.05) is 0 Å². The summed E-state index contributed by atoms with van der Waals surface area (Å²) in [5.41, 5.74) is 3.34. The molecule has 0 aliphatic heterocycles. The molecule has 0 unspecified atom stereocenters. The van der Waals surface area contributed by atoms with Gasteiger partial charge in [-0.1, -0.05) is 34.1 Å². The molecule has 0 spiro atoms. The van der Waals surface area contributed by atoms with Crippen molar-refractivity contribution < 1.29 is 18.9 Å². The van der Waals surface area contributed by atoms with E-state index in [4.69, 9.17) is 0 Å². The average molecular weight is 156 g/mol. The molecule has 0 bridgehead atoms. The topological polar surface area (TPSA) is 0 Å². The van der Waals surface area contributed by atoms with Crippen molar-refractivity contribution in [2.45, 2.75) is 34.1 Å². The summed E-state index contributed by atoms with van der Waals surface area (Å²) in [4.78, 5) is 0. The van der Waals surface area contributed by atoms with Gasteiger partial charge in [0.05, 0.1) is 0 Å². The SMILES string of the molecule is Cc1ccc[c-]1CC(C)(C)C.[Li+]. The van der Waals surface area contributed by atoms with Gasteiger partial charge in [-0.05, 0) is 5.41 Å². The van der Waals surface area contributed by atoms with Gasteiger partial charge in [0.15, 0.2) is 0 Å². The second-order valence-electron chi connectivity index (χ2n) is 4.47. The summed E-state index contributed by atoms with van der Waals surface area (Å²) in [5.74, 6) is 0. The summed E-state index contributed by atoms with van der Waals surface area (Å²) >= 11 is 0. The monoisotopic (exact) mass is 156 g/mol. The number of rotatable bonds is 1. The van der Waals surface area contributed by atoms with E-state index in [0.717, 1.165) is 0 Å². The van der Waals surface area contributed by atoms with Crippen molar-refractivity contribution >= 4 is 0 Å². The molecule has 0 amide bonds. The minimum atomic E-state index is 0. The van der Waals surface area contributed by atoms with Gasteiger partial charge in [0.2, 0.25) is 0 Å². The fourth-order valence-corrected chi connectivity index (χ4v) is 1.32. The van der Waals surface area contributed by atoms with E-state index in [2.05, 4.69) is 45.9 Å². The minimum absolute atomic E-state index is 0. The van der Waals surface area contributed by atoms with Crippen LogP contribution in [0.2, 0.25) is 0 Å². The number of aryl methyl sites for hydroxylation is 1. The molecule has 0 N–H and O–H groups in total. The molecule has 0 saturated carbocycles. The van der Waals surface area contributed by atoms with Crippen LogP contribution in [0, 0.1) is 12.3 Å². The Bertz CT molecular complexity index is 227. The molecule has 0 atom stereocenters. The molecule has 0 aromatic heterocycles. The van der Waals surface area contributed by atoms with Gasteiger partial charge >= 0.3 is 18.9 Å². The molecule has 0 radical (unpaired) electrons. The van der Waals surface area contributed by atoms with Gasteiger partial charge < -0.3 is 0 Å². The van der Waals surface area contributed by atoms with Crippen LogP contribution in [-0.4, -0.2) is 0 Å². The molecule has 0 saturated heterocycles. The zero-order chi connectivity index (χ0) is 8.48. The molecule has 1 rings (SSSR count). The maximum atomic E-state index is 2.28. The smallest absolute Gasteiger partial charge is 0.213 e. The van der Waals surface area contributed by atoms with Crippen molar-refractivity contribution in [2.75, 3.05) is 0 Å². The summed E-state index contributed by atoms with van der Waals surface area (Å²) in [6.07, 6.45) is 1.19. The van der Waals surface area contributed by atoms with Crippen molar-refractivity contribution in [3.63, 3.8) is 0 Å². The molecule has 0 aliphatic rings. The largest absolute Gasteiger partial charge is 1.00 e. The van der Waals surface area contributed by atoms with Gasteiger partial charge in [0.1, 0.15) is 0 Å². The van der Waals surface area contributed by atoms with E-state index < -0.39 is 0 Å². The second kappa shape index (κ2) is 4.26. The summed E-state index contributed by atoms with van der Waals surface area (Å²) in [6.45, 7) is 9.01. The quantitative estimate of drug-likeness (QED) is 0.405. The van der Waals surface area contributed by atoms with Crippen molar-refractivity contribution in [1.29, 1.82) is 0 Å².